The van der Waals surface area contributed by atoms with Gasteiger partial charge < -0.3 is 16.1 Å². The third kappa shape index (κ3) is 4.48. The van der Waals surface area contributed by atoms with Crippen LogP contribution in [0.4, 0.5) is 24.8 Å². The molecule has 2 rings (SSSR count). The zero-order chi connectivity index (χ0) is 15.5. The minimum Gasteiger partial charge on any atom is -0.368 e. The SMILES string of the molecule is NNc1cc(C(F)(F)F)cc(NCCNC(=O)C2CC2)n1. The maximum Gasteiger partial charge on any atom is 0.416 e. The van der Waals surface area contributed by atoms with Gasteiger partial charge in [0.15, 0.2) is 0 Å². The molecule has 0 aromatic carbocycles. The molecule has 1 fully saturated rings. The summed E-state index contributed by atoms with van der Waals surface area (Å²) in [6, 6.07) is 1.71. The van der Waals surface area contributed by atoms with Crippen LogP contribution in [0.5, 0.6) is 0 Å². The van der Waals surface area contributed by atoms with Gasteiger partial charge in [0, 0.05) is 19.0 Å². The van der Waals surface area contributed by atoms with E-state index in [4.69, 9.17) is 5.84 Å². The number of anilines is 2. The van der Waals surface area contributed by atoms with Crippen molar-refractivity contribution in [3.05, 3.63) is 17.7 Å². The highest BCUT2D eigenvalue weighted by molar-refractivity contribution is 5.80. The number of nitrogen functional groups attached to an aromatic ring is 1. The molecule has 9 heteroatoms. The molecule has 0 spiro atoms. The molecule has 21 heavy (non-hydrogen) atoms. The maximum atomic E-state index is 12.7. The van der Waals surface area contributed by atoms with E-state index in [1.807, 2.05) is 0 Å². The molecule has 1 aromatic rings. The van der Waals surface area contributed by atoms with Gasteiger partial charge in [-0.15, -0.1) is 0 Å². The van der Waals surface area contributed by atoms with Gasteiger partial charge in [-0.05, 0) is 25.0 Å². The zero-order valence-corrected chi connectivity index (χ0v) is 11.1. The van der Waals surface area contributed by atoms with E-state index in [1.165, 1.54) is 0 Å². The first-order chi connectivity index (χ1) is 9.90. The van der Waals surface area contributed by atoms with Crippen molar-refractivity contribution in [2.24, 2.45) is 11.8 Å². The molecule has 0 aliphatic heterocycles. The van der Waals surface area contributed by atoms with Crippen LogP contribution < -0.4 is 21.9 Å². The molecule has 1 amide bonds. The predicted octanol–water partition coefficient (Wildman–Crippen LogP) is 1.32. The molecule has 0 radical (unpaired) electrons. The number of hydrazine groups is 1. The average molecular weight is 303 g/mol. The first-order valence-electron chi connectivity index (χ1n) is 6.47. The van der Waals surface area contributed by atoms with Crippen molar-refractivity contribution in [2.45, 2.75) is 19.0 Å². The molecular weight excluding hydrogens is 287 g/mol. The van der Waals surface area contributed by atoms with Crippen LogP contribution in [-0.4, -0.2) is 24.0 Å². The Morgan fingerprint density at radius 3 is 2.52 bits per heavy atom. The summed E-state index contributed by atoms with van der Waals surface area (Å²) in [5.74, 6) is 5.14. The number of hydrogen-bond acceptors (Lipinski definition) is 5. The van der Waals surface area contributed by atoms with E-state index >= 15 is 0 Å². The van der Waals surface area contributed by atoms with Gasteiger partial charge in [0.2, 0.25) is 5.91 Å². The maximum absolute atomic E-state index is 12.7. The Bertz CT molecular complexity index is 516. The molecule has 0 atom stereocenters. The standard InChI is InChI=1S/C12H16F3N5O/c13-12(14,15)8-5-9(19-10(6-8)20-16)17-3-4-18-11(21)7-1-2-7/h5-7H,1-4,16H2,(H,18,21)(H2,17,19,20). The summed E-state index contributed by atoms with van der Waals surface area (Å²) >= 11 is 0. The quantitative estimate of drug-likeness (QED) is 0.361. The fourth-order valence-electron chi connectivity index (χ4n) is 1.72. The van der Waals surface area contributed by atoms with Gasteiger partial charge in [0.25, 0.3) is 0 Å². The Kier molecular flexibility index (Phi) is 4.51. The number of nitrogens with zero attached hydrogens (tertiary/aromatic N) is 1. The summed E-state index contributed by atoms with van der Waals surface area (Å²) in [6.45, 7) is 0.593. The van der Waals surface area contributed by atoms with Crippen LogP contribution in [0, 0.1) is 5.92 Å². The lowest BCUT2D eigenvalue weighted by atomic mass is 10.2. The number of nitrogens with one attached hydrogen (secondary N) is 3. The Morgan fingerprint density at radius 1 is 1.29 bits per heavy atom. The van der Waals surface area contributed by atoms with E-state index in [0.29, 0.717) is 6.54 Å². The number of carbonyl (C=O) groups is 1. The van der Waals surface area contributed by atoms with Gasteiger partial charge in [-0.2, -0.15) is 13.2 Å². The van der Waals surface area contributed by atoms with Crippen LogP contribution >= 0.6 is 0 Å². The number of alkyl halides is 3. The molecule has 1 heterocycles. The highest BCUT2D eigenvalue weighted by atomic mass is 19.4. The highest BCUT2D eigenvalue weighted by Crippen LogP contribution is 2.31. The zero-order valence-electron chi connectivity index (χ0n) is 11.1. The van der Waals surface area contributed by atoms with Gasteiger partial charge >= 0.3 is 6.18 Å². The Hall–Kier alpha value is -2.03. The monoisotopic (exact) mass is 303 g/mol. The molecule has 116 valence electrons. The van der Waals surface area contributed by atoms with Crippen LogP contribution in [0.3, 0.4) is 0 Å². The largest absolute Gasteiger partial charge is 0.416 e. The van der Waals surface area contributed by atoms with Gasteiger partial charge in [0.05, 0.1) is 5.56 Å². The van der Waals surface area contributed by atoms with E-state index in [9.17, 15) is 18.0 Å². The number of nitrogens with two attached hydrogens (primary N) is 1. The second-order valence-electron chi connectivity index (χ2n) is 4.76. The van der Waals surface area contributed by atoms with E-state index in [1.54, 1.807) is 0 Å². The lowest BCUT2D eigenvalue weighted by Crippen LogP contribution is -2.30. The molecule has 1 aromatic heterocycles. The van der Waals surface area contributed by atoms with Crippen molar-refractivity contribution in [3.63, 3.8) is 0 Å². The lowest BCUT2D eigenvalue weighted by molar-refractivity contribution is -0.137. The summed E-state index contributed by atoms with van der Waals surface area (Å²) in [5.41, 5.74) is 1.24. The van der Waals surface area contributed by atoms with Crippen molar-refractivity contribution in [1.29, 1.82) is 0 Å². The summed E-state index contributed by atoms with van der Waals surface area (Å²) in [6.07, 6.45) is -2.68. The molecular formula is C12H16F3N5O. The summed E-state index contributed by atoms with van der Waals surface area (Å²) < 4.78 is 38.1. The Labute approximate surface area is 119 Å². The first kappa shape index (κ1) is 15.4. The molecule has 1 saturated carbocycles. The number of hydrogen-bond donors (Lipinski definition) is 4. The molecule has 5 N–H and O–H groups in total. The van der Waals surface area contributed by atoms with Crippen molar-refractivity contribution in [1.82, 2.24) is 10.3 Å². The molecule has 0 unspecified atom stereocenters. The van der Waals surface area contributed by atoms with Crippen LogP contribution in [-0.2, 0) is 11.0 Å². The van der Waals surface area contributed by atoms with Gasteiger partial charge in [-0.25, -0.2) is 10.8 Å². The van der Waals surface area contributed by atoms with Crippen LogP contribution in [0.25, 0.3) is 0 Å². The number of halogens is 3. The minimum atomic E-state index is -4.48. The summed E-state index contributed by atoms with van der Waals surface area (Å²) in [5, 5.41) is 5.42. The second kappa shape index (κ2) is 6.17. The van der Waals surface area contributed by atoms with Crippen molar-refractivity contribution in [2.75, 3.05) is 23.8 Å². The third-order valence-electron chi connectivity index (χ3n) is 2.98. The number of rotatable bonds is 6. The van der Waals surface area contributed by atoms with E-state index < -0.39 is 11.7 Å². The minimum absolute atomic E-state index is 0.0156. The lowest BCUT2D eigenvalue weighted by Gasteiger charge is -2.12. The third-order valence-corrected chi connectivity index (χ3v) is 2.98. The first-order valence-corrected chi connectivity index (χ1v) is 6.47. The topological polar surface area (TPSA) is 92.1 Å². The van der Waals surface area contributed by atoms with E-state index in [-0.39, 0.29) is 30.0 Å². The van der Waals surface area contributed by atoms with Gasteiger partial charge in [-0.1, -0.05) is 0 Å². The van der Waals surface area contributed by atoms with Crippen LogP contribution in [0.15, 0.2) is 12.1 Å². The van der Waals surface area contributed by atoms with Crippen molar-refractivity contribution < 1.29 is 18.0 Å². The van der Waals surface area contributed by atoms with Crippen LogP contribution in [0.1, 0.15) is 18.4 Å². The van der Waals surface area contributed by atoms with Gasteiger partial charge in [0.1, 0.15) is 11.6 Å². The fourth-order valence-corrected chi connectivity index (χ4v) is 1.72. The van der Waals surface area contributed by atoms with E-state index in [0.717, 1.165) is 25.0 Å². The van der Waals surface area contributed by atoms with E-state index in [2.05, 4.69) is 21.0 Å². The van der Waals surface area contributed by atoms with Crippen molar-refractivity contribution in [3.8, 4) is 0 Å². The summed E-state index contributed by atoms with van der Waals surface area (Å²) in [4.78, 5) is 15.2. The highest BCUT2D eigenvalue weighted by Gasteiger charge is 2.31. The van der Waals surface area contributed by atoms with Gasteiger partial charge in [-0.3, -0.25) is 4.79 Å². The number of aromatic nitrogens is 1. The predicted molar refractivity (Wildman–Crippen MR) is 71.3 cm³/mol. The van der Waals surface area contributed by atoms with Crippen LogP contribution in [0.2, 0.25) is 0 Å². The second-order valence-corrected chi connectivity index (χ2v) is 4.76. The molecule has 1 aliphatic carbocycles. The summed E-state index contributed by atoms with van der Waals surface area (Å²) in [7, 11) is 0. The smallest absolute Gasteiger partial charge is 0.368 e. The number of pyridine rings is 1. The normalized spacial score (nSPS) is 14.7. The molecule has 6 nitrogen and oxygen atoms in total. The van der Waals surface area contributed by atoms with Crippen molar-refractivity contribution >= 4 is 17.5 Å². The Morgan fingerprint density at radius 2 is 1.95 bits per heavy atom. The molecule has 0 bridgehead atoms. The number of amides is 1. The molecule has 1 aliphatic rings. The Balaban J connectivity index is 1.90. The fraction of sp³-hybridized carbons (Fsp3) is 0.500. The molecule has 0 saturated heterocycles. The average Bonchev–Trinajstić information content (AvgIpc) is 3.26. The number of carbonyl (C=O) groups excluding carboxylic acids is 1.